The van der Waals surface area contributed by atoms with Crippen molar-refractivity contribution in [2.24, 2.45) is 0 Å². The van der Waals surface area contributed by atoms with E-state index in [4.69, 9.17) is 21.1 Å². The highest BCUT2D eigenvalue weighted by Gasteiger charge is 2.26. The van der Waals surface area contributed by atoms with E-state index in [2.05, 4.69) is 5.32 Å². The molecule has 25 heavy (non-hydrogen) atoms. The number of para-hydroxylation sites is 3. The molecule has 0 saturated carbocycles. The number of anilines is 1. The van der Waals surface area contributed by atoms with Crippen LogP contribution in [0.25, 0.3) is 0 Å². The van der Waals surface area contributed by atoms with Gasteiger partial charge in [-0.1, -0.05) is 35.9 Å². The monoisotopic (exact) mass is 360 g/mol. The number of nitrogens with zero attached hydrogens (tertiary/aromatic N) is 1. The zero-order chi connectivity index (χ0) is 17.8. The van der Waals surface area contributed by atoms with Gasteiger partial charge in [0, 0.05) is 6.54 Å². The number of amides is 1. The molecule has 0 bridgehead atoms. The molecule has 132 valence electrons. The van der Waals surface area contributed by atoms with Crippen molar-refractivity contribution >= 4 is 23.2 Å². The minimum Gasteiger partial charge on any atom is -0.486 e. The van der Waals surface area contributed by atoms with E-state index in [0.717, 1.165) is 11.5 Å². The molecule has 0 spiro atoms. The first-order valence-electron chi connectivity index (χ1n) is 8.18. The van der Waals surface area contributed by atoms with Crippen LogP contribution >= 0.6 is 11.6 Å². The average molecular weight is 361 g/mol. The van der Waals surface area contributed by atoms with Gasteiger partial charge in [0.2, 0.25) is 5.91 Å². The third kappa shape index (κ3) is 4.24. The zero-order valence-corrected chi connectivity index (χ0v) is 15.0. The van der Waals surface area contributed by atoms with Crippen molar-refractivity contribution in [1.29, 1.82) is 0 Å². The summed E-state index contributed by atoms with van der Waals surface area (Å²) in [6, 6.07) is 14.4. The molecule has 6 heteroatoms. The Bertz CT molecular complexity index is 753. The molecule has 0 saturated heterocycles. The van der Waals surface area contributed by atoms with E-state index in [1.165, 1.54) is 0 Å². The summed E-state index contributed by atoms with van der Waals surface area (Å²) >= 11 is 6.09. The second kappa shape index (κ2) is 7.76. The Balaban J connectivity index is 1.57. The van der Waals surface area contributed by atoms with E-state index in [1.54, 1.807) is 12.1 Å². The average Bonchev–Trinajstić information content (AvgIpc) is 2.62. The first-order valence-corrected chi connectivity index (χ1v) is 8.56. The number of rotatable bonds is 5. The van der Waals surface area contributed by atoms with Gasteiger partial charge in [-0.3, -0.25) is 9.69 Å². The van der Waals surface area contributed by atoms with Gasteiger partial charge < -0.3 is 14.8 Å². The Hall–Kier alpha value is -2.24. The molecule has 0 aliphatic carbocycles. The van der Waals surface area contributed by atoms with Crippen molar-refractivity contribution in [3.8, 4) is 11.5 Å². The predicted molar refractivity (Wildman–Crippen MR) is 98.5 cm³/mol. The van der Waals surface area contributed by atoms with E-state index in [1.807, 2.05) is 55.3 Å². The topological polar surface area (TPSA) is 50.8 Å². The van der Waals surface area contributed by atoms with Crippen LogP contribution in [0, 0.1) is 0 Å². The highest BCUT2D eigenvalue weighted by Crippen LogP contribution is 2.31. The van der Waals surface area contributed by atoms with Gasteiger partial charge in [-0.2, -0.15) is 0 Å². The van der Waals surface area contributed by atoms with E-state index in [9.17, 15) is 4.79 Å². The first-order chi connectivity index (χ1) is 12.0. The number of halogens is 1. The van der Waals surface area contributed by atoms with Crippen molar-refractivity contribution in [2.45, 2.75) is 19.1 Å². The lowest BCUT2D eigenvalue weighted by atomic mass is 10.2. The van der Waals surface area contributed by atoms with E-state index in [0.29, 0.717) is 23.9 Å². The van der Waals surface area contributed by atoms with Gasteiger partial charge in [-0.05, 0) is 38.2 Å². The summed E-state index contributed by atoms with van der Waals surface area (Å²) < 4.78 is 11.7. The molecule has 2 aromatic rings. The van der Waals surface area contributed by atoms with Crippen LogP contribution in [-0.4, -0.2) is 43.2 Å². The highest BCUT2D eigenvalue weighted by molar-refractivity contribution is 6.33. The van der Waals surface area contributed by atoms with E-state index in [-0.39, 0.29) is 18.1 Å². The molecule has 0 unspecified atom stereocenters. The van der Waals surface area contributed by atoms with Crippen LogP contribution in [-0.2, 0) is 4.79 Å². The van der Waals surface area contributed by atoms with Crippen LogP contribution in [0.4, 0.5) is 5.69 Å². The molecule has 1 aliphatic heterocycles. The molecule has 3 rings (SSSR count). The molecule has 2 atom stereocenters. The van der Waals surface area contributed by atoms with Gasteiger partial charge >= 0.3 is 0 Å². The third-order valence-corrected chi connectivity index (χ3v) is 4.56. The number of benzene rings is 2. The van der Waals surface area contributed by atoms with Crippen LogP contribution in [0.5, 0.6) is 11.5 Å². The SMILES string of the molecule is C[C@H](C(=O)Nc1ccccc1Cl)N(C)C[C@H]1COc2ccccc2O1. The largest absolute Gasteiger partial charge is 0.486 e. The van der Waals surface area contributed by atoms with Gasteiger partial charge in [0.05, 0.1) is 16.8 Å². The lowest BCUT2D eigenvalue weighted by Gasteiger charge is -2.31. The molecule has 1 N–H and O–H groups in total. The molecule has 0 radical (unpaired) electrons. The zero-order valence-electron chi connectivity index (χ0n) is 14.2. The Morgan fingerprint density at radius 1 is 1.24 bits per heavy atom. The number of likely N-dealkylation sites (N-methyl/N-ethyl adjacent to an activating group) is 1. The van der Waals surface area contributed by atoms with Crippen molar-refractivity contribution in [2.75, 3.05) is 25.5 Å². The van der Waals surface area contributed by atoms with Gasteiger partial charge in [0.1, 0.15) is 12.7 Å². The number of nitrogens with one attached hydrogen (secondary N) is 1. The number of hydrogen-bond acceptors (Lipinski definition) is 4. The molecule has 1 heterocycles. The first kappa shape index (κ1) is 17.6. The van der Waals surface area contributed by atoms with Crippen molar-refractivity contribution < 1.29 is 14.3 Å². The maximum Gasteiger partial charge on any atom is 0.241 e. The van der Waals surface area contributed by atoms with Gasteiger partial charge in [-0.15, -0.1) is 0 Å². The normalized spacial score (nSPS) is 17.2. The maximum atomic E-state index is 12.5. The number of fused-ring (bicyclic) bond motifs is 1. The van der Waals surface area contributed by atoms with Crippen molar-refractivity contribution in [1.82, 2.24) is 4.90 Å². The predicted octanol–water partition coefficient (Wildman–Crippen LogP) is 3.44. The highest BCUT2D eigenvalue weighted by atomic mass is 35.5. The summed E-state index contributed by atoms with van der Waals surface area (Å²) in [5.74, 6) is 1.37. The Kier molecular flexibility index (Phi) is 5.46. The van der Waals surface area contributed by atoms with E-state index < -0.39 is 0 Å². The Morgan fingerprint density at radius 3 is 2.68 bits per heavy atom. The quantitative estimate of drug-likeness (QED) is 0.887. The van der Waals surface area contributed by atoms with Crippen molar-refractivity contribution in [3.05, 3.63) is 53.6 Å². The fourth-order valence-corrected chi connectivity index (χ4v) is 2.82. The summed E-state index contributed by atoms with van der Waals surface area (Å²) in [6.07, 6.45) is -0.129. The van der Waals surface area contributed by atoms with E-state index >= 15 is 0 Å². The molecule has 1 aliphatic rings. The number of ether oxygens (including phenoxy) is 2. The van der Waals surface area contributed by atoms with Gasteiger partial charge in [0.15, 0.2) is 11.5 Å². The second-order valence-electron chi connectivity index (χ2n) is 6.08. The fraction of sp³-hybridized carbons (Fsp3) is 0.316. The molecule has 2 aromatic carbocycles. The smallest absolute Gasteiger partial charge is 0.241 e. The Morgan fingerprint density at radius 2 is 1.92 bits per heavy atom. The molecule has 0 aromatic heterocycles. The van der Waals surface area contributed by atoms with Crippen LogP contribution in [0.3, 0.4) is 0 Å². The van der Waals surface area contributed by atoms with Crippen LogP contribution in [0.2, 0.25) is 5.02 Å². The lowest BCUT2D eigenvalue weighted by Crippen LogP contribution is -2.46. The number of hydrogen-bond donors (Lipinski definition) is 1. The molecular weight excluding hydrogens is 340 g/mol. The third-order valence-electron chi connectivity index (χ3n) is 4.23. The molecule has 5 nitrogen and oxygen atoms in total. The van der Waals surface area contributed by atoms with Crippen LogP contribution in [0.15, 0.2) is 48.5 Å². The number of carbonyl (C=O) groups is 1. The number of carbonyl (C=O) groups excluding carboxylic acids is 1. The lowest BCUT2D eigenvalue weighted by molar-refractivity contribution is -0.120. The maximum absolute atomic E-state index is 12.5. The summed E-state index contributed by atoms with van der Waals surface area (Å²) in [5.41, 5.74) is 0.612. The molecule has 1 amide bonds. The summed E-state index contributed by atoms with van der Waals surface area (Å²) in [6.45, 7) is 2.88. The minimum atomic E-state index is -0.336. The summed E-state index contributed by atoms with van der Waals surface area (Å²) in [5, 5.41) is 3.38. The molecule has 0 fully saturated rings. The van der Waals surface area contributed by atoms with Gasteiger partial charge in [-0.25, -0.2) is 0 Å². The van der Waals surface area contributed by atoms with Crippen LogP contribution in [0.1, 0.15) is 6.92 Å². The molecular formula is C19H21ClN2O3. The fourth-order valence-electron chi connectivity index (χ4n) is 2.63. The van der Waals surface area contributed by atoms with Crippen LogP contribution < -0.4 is 14.8 Å². The second-order valence-corrected chi connectivity index (χ2v) is 6.49. The van der Waals surface area contributed by atoms with Crippen molar-refractivity contribution in [3.63, 3.8) is 0 Å². The summed E-state index contributed by atoms with van der Waals surface area (Å²) in [7, 11) is 1.89. The summed E-state index contributed by atoms with van der Waals surface area (Å²) in [4.78, 5) is 14.4. The van der Waals surface area contributed by atoms with Gasteiger partial charge in [0.25, 0.3) is 0 Å². The standard InChI is InChI=1S/C19H21ClN2O3/c1-13(19(23)21-16-8-4-3-7-15(16)20)22(2)11-14-12-24-17-9-5-6-10-18(17)25-14/h3-10,13-14H,11-12H2,1-2H3,(H,21,23)/t13-,14+/m1/s1. The Labute approximate surface area is 152 Å². The minimum absolute atomic E-state index is 0.118.